The van der Waals surface area contributed by atoms with Gasteiger partial charge in [-0.15, -0.1) is 0 Å². The number of amides is 2. The number of pyridine rings is 1. The van der Waals surface area contributed by atoms with Gasteiger partial charge in [0.2, 0.25) is 5.91 Å². The highest BCUT2D eigenvalue weighted by Gasteiger charge is 2.32. The SMILES string of the molecule is CN(C(=O)C1=CN2C(c3ccc(C(N)=O)cc3)=CN(C)C2C=N1)c1ccc(Cl)nc1. The highest BCUT2D eigenvalue weighted by atomic mass is 35.5. The van der Waals surface area contributed by atoms with Crippen molar-refractivity contribution in [1.29, 1.82) is 0 Å². The number of aromatic nitrogens is 1. The van der Waals surface area contributed by atoms with Crippen molar-refractivity contribution in [2.75, 3.05) is 19.0 Å². The zero-order valence-corrected chi connectivity index (χ0v) is 17.1. The lowest BCUT2D eigenvalue weighted by molar-refractivity contribution is -0.115. The van der Waals surface area contributed by atoms with Gasteiger partial charge in [-0.3, -0.25) is 9.59 Å². The molecule has 0 aliphatic carbocycles. The Kier molecular flexibility index (Phi) is 5.01. The van der Waals surface area contributed by atoms with Gasteiger partial charge in [0.05, 0.1) is 17.6 Å². The molecule has 152 valence electrons. The molecule has 0 radical (unpaired) electrons. The van der Waals surface area contributed by atoms with Gasteiger partial charge in [-0.2, -0.15) is 0 Å². The second kappa shape index (κ2) is 7.64. The normalized spacial score (nSPS) is 17.4. The van der Waals surface area contributed by atoms with Gasteiger partial charge in [0, 0.05) is 38.3 Å². The predicted octanol–water partition coefficient (Wildman–Crippen LogP) is 2.29. The fourth-order valence-corrected chi connectivity index (χ4v) is 3.42. The smallest absolute Gasteiger partial charge is 0.278 e. The molecular formula is C21H19ClN6O2. The minimum absolute atomic E-state index is 0.144. The third-order valence-electron chi connectivity index (χ3n) is 5.00. The molecule has 1 aromatic carbocycles. The molecule has 0 bridgehead atoms. The van der Waals surface area contributed by atoms with Crippen molar-refractivity contribution in [3.05, 3.63) is 77.0 Å². The van der Waals surface area contributed by atoms with Crippen LogP contribution < -0.4 is 10.6 Å². The van der Waals surface area contributed by atoms with Crippen LogP contribution in [0.2, 0.25) is 5.15 Å². The van der Waals surface area contributed by atoms with Crippen LogP contribution in [0.3, 0.4) is 0 Å². The first-order chi connectivity index (χ1) is 14.3. The van der Waals surface area contributed by atoms with Crippen molar-refractivity contribution < 1.29 is 9.59 Å². The number of anilines is 1. The van der Waals surface area contributed by atoms with Crippen LogP contribution in [0.1, 0.15) is 15.9 Å². The highest BCUT2D eigenvalue weighted by molar-refractivity contribution is 6.29. The Balaban J connectivity index is 1.61. The van der Waals surface area contributed by atoms with Gasteiger partial charge < -0.3 is 20.4 Å². The summed E-state index contributed by atoms with van der Waals surface area (Å²) in [5.41, 5.74) is 8.44. The molecule has 2 amide bonds. The average molecular weight is 423 g/mol. The molecule has 3 heterocycles. The molecule has 1 aromatic heterocycles. The fourth-order valence-electron chi connectivity index (χ4n) is 3.30. The van der Waals surface area contributed by atoms with E-state index in [0.29, 0.717) is 22.1 Å². The summed E-state index contributed by atoms with van der Waals surface area (Å²) < 4.78 is 0. The summed E-state index contributed by atoms with van der Waals surface area (Å²) in [6.45, 7) is 0. The van der Waals surface area contributed by atoms with E-state index in [4.69, 9.17) is 17.3 Å². The van der Waals surface area contributed by atoms with E-state index in [1.807, 2.05) is 35.2 Å². The zero-order chi connectivity index (χ0) is 21.4. The number of aliphatic imine (C=N–C) groups is 1. The molecule has 2 aromatic rings. The molecule has 1 unspecified atom stereocenters. The molecular weight excluding hydrogens is 404 g/mol. The van der Waals surface area contributed by atoms with E-state index in [1.165, 1.54) is 11.1 Å². The second-order valence-electron chi connectivity index (χ2n) is 6.94. The molecule has 0 saturated carbocycles. The van der Waals surface area contributed by atoms with E-state index in [1.54, 1.807) is 43.7 Å². The Morgan fingerprint density at radius 3 is 2.50 bits per heavy atom. The van der Waals surface area contributed by atoms with E-state index >= 15 is 0 Å². The Morgan fingerprint density at radius 1 is 1.13 bits per heavy atom. The summed E-state index contributed by atoms with van der Waals surface area (Å²) >= 11 is 5.83. The Morgan fingerprint density at radius 2 is 1.87 bits per heavy atom. The number of carbonyl (C=O) groups excluding carboxylic acids is 2. The largest absolute Gasteiger partial charge is 0.366 e. The van der Waals surface area contributed by atoms with Crippen molar-refractivity contribution in [3.63, 3.8) is 0 Å². The monoisotopic (exact) mass is 422 g/mol. The van der Waals surface area contributed by atoms with Crippen LogP contribution >= 0.6 is 11.6 Å². The number of benzene rings is 1. The van der Waals surface area contributed by atoms with E-state index < -0.39 is 5.91 Å². The minimum atomic E-state index is -0.477. The quantitative estimate of drug-likeness (QED) is 0.763. The van der Waals surface area contributed by atoms with E-state index in [0.717, 1.165) is 11.3 Å². The number of primary amides is 1. The Bertz CT molecular complexity index is 1090. The molecule has 0 spiro atoms. The summed E-state index contributed by atoms with van der Waals surface area (Å²) in [7, 11) is 3.59. The number of nitrogens with two attached hydrogens (primary N) is 1. The predicted molar refractivity (Wildman–Crippen MR) is 116 cm³/mol. The topological polar surface area (TPSA) is 95.1 Å². The number of hydrogen-bond acceptors (Lipinski definition) is 6. The van der Waals surface area contributed by atoms with Crippen molar-refractivity contribution in [2.24, 2.45) is 10.7 Å². The summed E-state index contributed by atoms with van der Waals surface area (Å²) in [6, 6.07) is 10.4. The standard InChI is InChI=1S/C21H19ClN6O2/c1-26-12-17(13-3-5-14(6-4-13)20(23)29)28-11-16(24-10-19(26)28)21(30)27(2)15-7-8-18(22)25-9-15/h3-12,19H,1-2H3,(H2,23,29). The molecule has 30 heavy (non-hydrogen) atoms. The lowest BCUT2D eigenvalue weighted by atomic mass is 10.1. The number of halogens is 1. The Hall–Kier alpha value is -3.65. The molecule has 1 atom stereocenters. The highest BCUT2D eigenvalue weighted by Crippen LogP contribution is 2.32. The maximum Gasteiger partial charge on any atom is 0.278 e. The number of rotatable bonds is 4. The summed E-state index contributed by atoms with van der Waals surface area (Å²) in [6.07, 6.45) is 6.81. The van der Waals surface area contributed by atoms with E-state index in [9.17, 15) is 9.59 Å². The van der Waals surface area contributed by atoms with Crippen LogP contribution in [0.25, 0.3) is 5.70 Å². The Labute approximate surface area is 178 Å². The number of hydrogen-bond donors (Lipinski definition) is 1. The summed E-state index contributed by atoms with van der Waals surface area (Å²) in [4.78, 5) is 38.1. The van der Waals surface area contributed by atoms with Gasteiger partial charge in [0.25, 0.3) is 5.91 Å². The number of nitrogens with zero attached hydrogens (tertiary/aromatic N) is 5. The number of carbonyl (C=O) groups is 2. The third-order valence-corrected chi connectivity index (χ3v) is 5.23. The van der Waals surface area contributed by atoms with Gasteiger partial charge in [0.15, 0.2) is 0 Å². The second-order valence-corrected chi connectivity index (χ2v) is 7.33. The lowest BCUT2D eigenvalue weighted by Gasteiger charge is -2.30. The van der Waals surface area contributed by atoms with Gasteiger partial charge >= 0.3 is 0 Å². The van der Waals surface area contributed by atoms with E-state index in [-0.39, 0.29) is 12.1 Å². The van der Waals surface area contributed by atoms with Crippen LogP contribution in [0, 0.1) is 0 Å². The molecule has 0 fully saturated rings. The molecule has 4 rings (SSSR count). The summed E-state index contributed by atoms with van der Waals surface area (Å²) in [5, 5.41) is 0.356. The van der Waals surface area contributed by atoms with Crippen molar-refractivity contribution >= 4 is 41.0 Å². The van der Waals surface area contributed by atoms with Crippen LogP contribution in [0.4, 0.5) is 5.69 Å². The first kappa shape index (κ1) is 19.7. The van der Waals surface area contributed by atoms with Crippen LogP contribution in [0.5, 0.6) is 0 Å². The van der Waals surface area contributed by atoms with E-state index in [2.05, 4.69) is 9.98 Å². The van der Waals surface area contributed by atoms with Crippen molar-refractivity contribution in [2.45, 2.75) is 6.17 Å². The zero-order valence-electron chi connectivity index (χ0n) is 16.4. The van der Waals surface area contributed by atoms with Crippen molar-refractivity contribution in [1.82, 2.24) is 14.8 Å². The molecule has 2 N–H and O–H groups in total. The van der Waals surface area contributed by atoms with Crippen LogP contribution in [-0.4, -0.2) is 53.1 Å². The lowest BCUT2D eigenvalue weighted by Crippen LogP contribution is -2.39. The first-order valence-corrected chi connectivity index (χ1v) is 9.51. The summed E-state index contributed by atoms with van der Waals surface area (Å²) in [5.74, 6) is -0.749. The van der Waals surface area contributed by atoms with Crippen molar-refractivity contribution in [3.8, 4) is 0 Å². The number of likely N-dealkylation sites (N-methyl/N-ethyl adjacent to an activating group) is 1. The van der Waals surface area contributed by atoms with Gasteiger partial charge in [-0.1, -0.05) is 23.7 Å². The maximum atomic E-state index is 13.0. The maximum absolute atomic E-state index is 13.0. The van der Waals surface area contributed by atoms with Gasteiger partial charge in [-0.05, 0) is 29.8 Å². The van der Waals surface area contributed by atoms with Gasteiger partial charge in [0.1, 0.15) is 17.0 Å². The average Bonchev–Trinajstić information content (AvgIpc) is 3.09. The molecule has 0 saturated heterocycles. The number of fused-ring (bicyclic) bond motifs is 1. The van der Waals surface area contributed by atoms with Crippen LogP contribution in [-0.2, 0) is 4.79 Å². The van der Waals surface area contributed by atoms with Crippen LogP contribution in [0.15, 0.2) is 65.7 Å². The molecule has 2 aliphatic heterocycles. The first-order valence-electron chi connectivity index (χ1n) is 9.13. The molecule has 2 aliphatic rings. The minimum Gasteiger partial charge on any atom is -0.366 e. The van der Waals surface area contributed by atoms with Gasteiger partial charge in [-0.25, -0.2) is 9.98 Å². The third kappa shape index (κ3) is 3.53. The fraction of sp³-hybridized carbons (Fsp3) is 0.143. The molecule has 9 heteroatoms. The molecule has 8 nitrogen and oxygen atoms in total.